The summed E-state index contributed by atoms with van der Waals surface area (Å²) < 4.78 is 32.8. The Hall–Kier alpha value is -2.87. The second-order valence-electron chi connectivity index (χ2n) is 6.49. The minimum Gasteiger partial charge on any atom is -0.497 e. The maximum atomic E-state index is 13.3. The van der Waals surface area contributed by atoms with Crippen molar-refractivity contribution in [1.82, 2.24) is 4.31 Å². The van der Waals surface area contributed by atoms with E-state index in [1.54, 1.807) is 36.4 Å². The van der Waals surface area contributed by atoms with E-state index < -0.39 is 15.9 Å². The van der Waals surface area contributed by atoms with E-state index in [1.165, 1.54) is 19.2 Å². The zero-order chi connectivity index (χ0) is 21.6. The standard InChI is InChI=1S/C22H21ClN2O4S/c1-29-20-10-12-21(13-11-20)30(27,28)25(15-17-6-3-2-4-7-17)16-22(26)24-19-9-5-8-18(23)14-19/h2-14H,15-16H2,1H3,(H,24,26). The van der Waals surface area contributed by atoms with Crippen molar-refractivity contribution in [3.8, 4) is 5.75 Å². The first-order valence-corrected chi connectivity index (χ1v) is 10.9. The highest BCUT2D eigenvalue weighted by atomic mass is 35.5. The summed E-state index contributed by atoms with van der Waals surface area (Å²) in [7, 11) is -2.42. The second kappa shape index (κ2) is 9.75. The average molecular weight is 445 g/mol. The molecular formula is C22H21ClN2O4S. The summed E-state index contributed by atoms with van der Waals surface area (Å²) in [6.45, 7) is -0.298. The quantitative estimate of drug-likeness (QED) is 0.565. The predicted octanol–water partition coefficient (Wildman–Crippen LogP) is 4.18. The van der Waals surface area contributed by atoms with E-state index in [-0.39, 0.29) is 18.0 Å². The third-order valence-electron chi connectivity index (χ3n) is 4.33. The number of methoxy groups -OCH3 is 1. The van der Waals surface area contributed by atoms with Crippen molar-refractivity contribution in [3.63, 3.8) is 0 Å². The number of carbonyl (C=O) groups is 1. The van der Waals surface area contributed by atoms with Crippen LogP contribution in [-0.4, -0.2) is 32.3 Å². The van der Waals surface area contributed by atoms with Crippen LogP contribution in [0.15, 0.2) is 83.8 Å². The first kappa shape index (κ1) is 21.8. The lowest BCUT2D eigenvalue weighted by Gasteiger charge is -2.22. The third kappa shape index (κ3) is 5.60. The Labute approximate surface area is 181 Å². The van der Waals surface area contributed by atoms with Crippen LogP contribution in [0.4, 0.5) is 5.69 Å². The topological polar surface area (TPSA) is 75.7 Å². The number of sulfonamides is 1. The van der Waals surface area contributed by atoms with E-state index >= 15 is 0 Å². The summed E-state index contributed by atoms with van der Waals surface area (Å²) in [5.41, 5.74) is 1.26. The molecule has 3 aromatic carbocycles. The molecule has 0 spiro atoms. The number of amides is 1. The van der Waals surface area contributed by atoms with Gasteiger partial charge >= 0.3 is 0 Å². The summed E-state index contributed by atoms with van der Waals surface area (Å²) in [6, 6.07) is 21.8. The van der Waals surface area contributed by atoms with E-state index in [1.807, 2.05) is 30.3 Å². The van der Waals surface area contributed by atoms with Gasteiger partial charge in [0.05, 0.1) is 18.6 Å². The molecule has 0 aliphatic carbocycles. The number of hydrogen-bond donors (Lipinski definition) is 1. The zero-order valence-corrected chi connectivity index (χ0v) is 17.9. The maximum absolute atomic E-state index is 13.3. The normalized spacial score (nSPS) is 11.3. The molecule has 0 aliphatic rings. The molecular weight excluding hydrogens is 424 g/mol. The van der Waals surface area contributed by atoms with E-state index in [4.69, 9.17) is 16.3 Å². The highest BCUT2D eigenvalue weighted by Crippen LogP contribution is 2.22. The maximum Gasteiger partial charge on any atom is 0.243 e. The van der Waals surface area contributed by atoms with Crippen molar-refractivity contribution in [2.75, 3.05) is 19.0 Å². The predicted molar refractivity (Wildman–Crippen MR) is 117 cm³/mol. The first-order valence-electron chi connectivity index (χ1n) is 9.12. The molecule has 30 heavy (non-hydrogen) atoms. The number of nitrogens with zero attached hydrogens (tertiary/aromatic N) is 1. The molecule has 0 fully saturated rings. The Morgan fingerprint density at radius 3 is 2.33 bits per heavy atom. The Bertz CT molecular complexity index is 1100. The summed E-state index contributed by atoms with van der Waals surface area (Å²) >= 11 is 5.95. The van der Waals surface area contributed by atoms with Gasteiger partial charge in [-0.15, -0.1) is 0 Å². The van der Waals surface area contributed by atoms with Crippen molar-refractivity contribution < 1.29 is 17.9 Å². The second-order valence-corrected chi connectivity index (χ2v) is 8.87. The number of hydrogen-bond acceptors (Lipinski definition) is 4. The molecule has 3 aromatic rings. The molecule has 1 N–H and O–H groups in total. The fourth-order valence-electron chi connectivity index (χ4n) is 2.84. The Morgan fingerprint density at radius 1 is 1.00 bits per heavy atom. The van der Waals surface area contributed by atoms with Crippen LogP contribution in [0.25, 0.3) is 0 Å². The van der Waals surface area contributed by atoms with Gasteiger partial charge in [0.15, 0.2) is 0 Å². The molecule has 0 aromatic heterocycles. The zero-order valence-electron chi connectivity index (χ0n) is 16.3. The summed E-state index contributed by atoms with van der Waals surface area (Å²) in [5.74, 6) is 0.0764. The molecule has 3 rings (SSSR count). The Balaban J connectivity index is 1.86. The lowest BCUT2D eigenvalue weighted by molar-refractivity contribution is -0.116. The van der Waals surface area contributed by atoms with Gasteiger partial charge in [0.2, 0.25) is 15.9 Å². The first-order chi connectivity index (χ1) is 14.4. The molecule has 6 nitrogen and oxygen atoms in total. The number of nitrogens with one attached hydrogen (secondary N) is 1. The van der Waals surface area contributed by atoms with Crippen LogP contribution in [0, 0.1) is 0 Å². The third-order valence-corrected chi connectivity index (χ3v) is 6.37. The number of carbonyl (C=O) groups excluding carboxylic acids is 1. The minimum atomic E-state index is -3.93. The number of halogens is 1. The molecule has 0 radical (unpaired) electrons. The number of ether oxygens (including phenoxy) is 1. The van der Waals surface area contributed by atoms with Crippen molar-refractivity contribution in [3.05, 3.63) is 89.4 Å². The van der Waals surface area contributed by atoms with Gasteiger partial charge in [-0.2, -0.15) is 4.31 Å². The molecule has 156 valence electrons. The SMILES string of the molecule is COc1ccc(S(=O)(=O)N(CC(=O)Nc2cccc(Cl)c2)Cc2ccccc2)cc1. The van der Waals surface area contributed by atoms with Crippen LogP contribution in [0.1, 0.15) is 5.56 Å². The number of benzene rings is 3. The minimum absolute atomic E-state index is 0.0537. The van der Waals surface area contributed by atoms with E-state index in [0.29, 0.717) is 16.5 Å². The van der Waals surface area contributed by atoms with Gasteiger partial charge in [-0.1, -0.05) is 48.0 Å². The summed E-state index contributed by atoms with van der Waals surface area (Å²) in [4.78, 5) is 12.7. The van der Waals surface area contributed by atoms with Crippen molar-refractivity contribution in [2.24, 2.45) is 0 Å². The molecule has 0 atom stereocenters. The highest BCUT2D eigenvalue weighted by molar-refractivity contribution is 7.89. The average Bonchev–Trinajstić information content (AvgIpc) is 2.74. The molecule has 0 unspecified atom stereocenters. The van der Waals surface area contributed by atoms with E-state index in [9.17, 15) is 13.2 Å². The molecule has 0 heterocycles. The van der Waals surface area contributed by atoms with Crippen LogP contribution in [0.5, 0.6) is 5.75 Å². The largest absolute Gasteiger partial charge is 0.497 e. The number of anilines is 1. The summed E-state index contributed by atoms with van der Waals surface area (Å²) in [5, 5.41) is 3.16. The molecule has 8 heteroatoms. The van der Waals surface area contributed by atoms with Gasteiger partial charge in [0.1, 0.15) is 5.75 Å². The highest BCUT2D eigenvalue weighted by Gasteiger charge is 2.27. The van der Waals surface area contributed by atoms with Gasteiger partial charge in [0, 0.05) is 17.3 Å². The fraction of sp³-hybridized carbons (Fsp3) is 0.136. The van der Waals surface area contributed by atoms with E-state index in [0.717, 1.165) is 9.87 Å². The van der Waals surface area contributed by atoms with Crippen LogP contribution in [0.2, 0.25) is 5.02 Å². The summed E-state index contributed by atoms with van der Waals surface area (Å²) in [6.07, 6.45) is 0. The molecule has 0 saturated heterocycles. The van der Waals surface area contributed by atoms with Crippen LogP contribution in [-0.2, 0) is 21.4 Å². The van der Waals surface area contributed by atoms with Gasteiger partial charge in [-0.3, -0.25) is 4.79 Å². The van der Waals surface area contributed by atoms with Gasteiger partial charge in [0.25, 0.3) is 0 Å². The molecule has 1 amide bonds. The van der Waals surface area contributed by atoms with Crippen molar-refractivity contribution in [2.45, 2.75) is 11.4 Å². The van der Waals surface area contributed by atoms with Crippen LogP contribution in [0.3, 0.4) is 0 Å². The van der Waals surface area contributed by atoms with Crippen LogP contribution >= 0.6 is 11.6 Å². The Morgan fingerprint density at radius 2 is 1.70 bits per heavy atom. The smallest absolute Gasteiger partial charge is 0.243 e. The molecule has 0 aliphatic heterocycles. The molecule has 0 bridgehead atoms. The fourth-order valence-corrected chi connectivity index (χ4v) is 4.41. The lowest BCUT2D eigenvalue weighted by Crippen LogP contribution is -2.37. The van der Waals surface area contributed by atoms with Crippen molar-refractivity contribution >= 4 is 33.2 Å². The Kier molecular flexibility index (Phi) is 7.10. The van der Waals surface area contributed by atoms with E-state index in [2.05, 4.69) is 5.32 Å². The monoisotopic (exact) mass is 444 g/mol. The molecule has 0 saturated carbocycles. The lowest BCUT2D eigenvalue weighted by atomic mass is 10.2. The van der Waals surface area contributed by atoms with Crippen molar-refractivity contribution in [1.29, 1.82) is 0 Å². The van der Waals surface area contributed by atoms with Gasteiger partial charge in [-0.25, -0.2) is 8.42 Å². The van der Waals surface area contributed by atoms with Gasteiger partial charge < -0.3 is 10.1 Å². The van der Waals surface area contributed by atoms with Gasteiger partial charge in [-0.05, 0) is 48.0 Å². The van der Waals surface area contributed by atoms with Crippen LogP contribution < -0.4 is 10.1 Å². The number of rotatable bonds is 8.